The lowest BCUT2D eigenvalue weighted by atomic mass is 10.1. The van der Waals surface area contributed by atoms with Gasteiger partial charge in [-0.25, -0.2) is 4.39 Å². The molecular formula is C24H25F4N5OS. The van der Waals surface area contributed by atoms with E-state index in [1.807, 2.05) is 6.92 Å². The van der Waals surface area contributed by atoms with Crippen molar-refractivity contribution in [3.05, 3.63) is 65.7 Å². The van der Waals surface area contributed by atoms with E-state index in [0.29, 0.717) is 16.7 Å². The third kappa shape index (κ3) is 6.02. The molecule has 1 unspecified atom stereocenters. The molecule has 186 valence electrons. The van der Waals surface area contributed by atoms with E-state index < -0.39 is 17.6 Å². The first-order chi connectivity index (χ1) is 16.7. The van der Waals surface area contributed by atoms with E-state index in [2.05, 4.69) is 20.4 Å². The third-order valence-electron chi connectivity index (χ3n) is 5.89. The topological polar surface area (TPSA) is 63.1 Å². The number of aromatic nitrogens is 3. The van der Waals surface area contributed by atoms with Gasteiger partial charge in [0, 0.05) is 5.69 Å². The van der Waals surface area contributed by atoms with Crippen molar-refractivity contribution in [1.29, 1.82) is 0 Å². The summed E-state index contributed by atoms with van der Waals surface area (Å²) in [5.41, 5.74) is -0.573. The van der Waals surface area contributed by atoms with Crippen LogP contribution in [-0.4, -0.2) is 44.4 Å². The average Bonchev–Trinajstić information content (AvgIpc) is 3.27. The Morgan fingerprint density at radius 1 is 1.06 bits per heavy atom. The van der Waals surface area contributed by atoms with Crippen molar-refractivity contribution < 1.29 is 22.4 Å². The summed E-state index contributed by atoms with van der Waals surface area (Å²) >= 11 is 1.06. The van der Waals surface area contributed by atoms with Crippen LogP contribution in [0.25, 0.3) is 5.69 Å². The molecule has 2 aromatic carbocycles. The Labute approximate surface area is 204 Å². The number of nitrogens with zero attached hydrogens (tertiary/aromatic N) is 4. The molecule has 1 aromatic heterocycles. The fraction of sp³-hybridized carbons (Fsp3) is 0.375. The summed E-state index contributed by atoms with van der Waals surface area (Å²) in [6.07, 6.45) is -1.22. The molecule has 6 nitrogen and oxygen atoms in total. The molecule has 4 rings (SSSR count). The van der Waals surface area contributed by atoms with Crippen LogP contribution in [0.1, 0.15) is 43.6 Å². The number of para-hydroxylation sites is 1. The van der Waals surface area contributed by atoms with Gasteiger partial charge in [-0.05, 0) is 69.3 Å². The predicted molar refractivity (Wildman–Crippen MR) is 126 cm³/mol. The number of piperidine rings is 1. The third-order valence-corrected chi connectivity index (χ3v) is 6.82. The molecule has 1 aliphatic heterocycles. The average molecular weight is 508 g/mol. The van der Waals surface area contributed by atoms with Gasteiger partial charge in [0.1, 0.15) is 5.82 Å². The van der Waals surface area contributed by atoms with Crippen molar-refractivity contribution in [3.8, 4) is 5.69 Å². The molecule has 1 amide bonds. The van der Waals surface area contributed by atoms with Gasteiger partial charge in [-0.2, -0.15) is 13.2 Å². The van der Waals surface area contributed by atoms with Crippen molar-refractivity contribution in [2.24, 2.45) is 0 Å². The van der Waals surface area contributed by atoms with Crippen LogP contribution in [0.4, 0.5) is 23.2 Å². The predicted octanol–water partition coefficient (Wildman–Crippen LogP) is 5.70. The zero-order valence-corrected chi connectivity index (χ0v) is 19.9. The number of anilines is 1. The van der Waals surface area contributed by atoms with Crippen molar-refractivity contribution in [1.82, 2.24) is 19.7 Å². The zero-order valence-electron chi connectivity index (χ0n) is 19.1. The molecule has 1 fully saturated rings. The smallest absolute Gasteiger partial charge is 0.325 e. The van der Waals surface area contributed by atoms with Gasteiger partial charge >= 0.3 is 6.18 Å². The quantitative estimate of drug-likeness (QED) is 0.328. The number of benzene rings is 2. The number of thioether (sulfide) groups is 1. The summed E-state index contributed by atoms with van der Waals surface area (Å²) in [6.45, 7) is 3.90. The number of likely N-dealkylation sites (tertiary alicyclic amines) is 1. The summed E-state index contributed by atoms with van der Waals surface area (Å²) in [6, 6.07) is 10.6. The first kappa shape index (κ1) is 25.2. The van der Waals surface area contributed by atoms with Crippen LogP contribution < -0.4 is 5.32 Å². The Hall–Kier alpha value is -2.92. The molecule has 1 atom stereocenters. The number of nitrogens with one attached hydrogen (secondary N) is 1. The van der Waals surface area contributed by atoms with Crippen molar-refractivity contribution in [3.63, 3.8) is 0 Å². The van der Waals surface area contributed by atoms with Gasteiger partial charge in [0.15, 0.2) is 11.0 Å². The van der Waals surface area contributed by atoms with Gasteiger partial charge in [0.05, 0.1) is 23.0 Å². The molecule has 3 aromatic rings. The van der Waals surface area contributed by atoms with E-state index in [1.165, 1.54) is 36.8 Å². The highest BCUT2D eigenvalue weighted by atomic mass is 32.2. The molecule has 1 N–H and O–H groups in total. The number of amides is 1. The summed E-state index contributed by atoms with van der Waals surface area (Å²) in [5.74, 6) is -0.511. The minimum atomic E-state index is -4.58. The van der Waals surface area contributed by atoms with Crippen molar-refractivity contribution in [2.75, 3.05) is 24.2 Å². The second-order valence-electron chi connectivity index (χ2n) is 8.31. The van der Waals surface area contributed by atoms with Gasteiger partial charge in [-0.15, -0.1) is 10.2 Å². The van der Waals surface area contributed by atoms with Gasteiger partial charge < -0.3 is 5.32 Å². The molecule has 0 radical (unpaired) electrons. The number of carbonyl (C=O) groups is 1. The van der Waals surface area contributed by atoms with E-state index in [4.69, 9.17) is 0 Å². The largest absolute Gasteiger partial charge is 0.418 e. The summed E-state index contributed by atoms with van der Waals surface area (Å²) < 4.78 is 55.1. The maximum Gasteiger partial charge on any atom is 0.418 e. The monoisotopic (exact) mass is 507 g/mol. The molecule has 0 saturated carbocycles. The number of halogens is 4. The lowest BCUT2D eigenvalue weighted by Gasteiger charge is -2.31. The Balaban J connectivity index is 1.55. The first-order valence-corrected chi connectivity index (χ1v) is 12.3. The second kappa shape index (κ2) is 10.8. The van der Waals surface area contributed by atoms with Crippen LogP contribution in [0.5, 0.6) is 0 Å². The molecule has 1 aliphatic rings. The first-order valence-electron chi connectivity index (χ1n) is 11.3. The number of carbonyl (C=O) groups excluding carboxylic acids is 1. The van der Waals surface area contributed by atoms with E-state index in [0.717, 1.165) is 43.8 Å². The fourth-order valence-electron chi connectivity index (χ4n) is 4.10. The Bertz CT molecular complexity index is 1160. The Morgan fingerprint density at radius 3 is 2.43 bits per heavy atom. The summed E-state index contributed by atoms with van der Waals surface area (Å²) in [4.78, 5) is 14.8. The summed E-state index contributed by atoms with van der Waals surface area (Å²) in [7, 11) is 0. The maximum absolute atomic E-state index is 13.6. The molecular weight excluding hydrogens is 482 g/mol. The molecule has 0 bridgehead atoms. The van der Waals surface area contributed by atoms with Gasteiger partial charge in [-0.3, -0.25) is 14.3 Å². The molecule has 0 aliphatic carbocycles. The molecule has 2 heterocycles. The van der Waals surface area contributed by atoms with Gasteiger partial charge in [-0.1, -0.05) is 30.3 Å². The van der Waals surface area contributed by atoms with E-state index in [1.54, 1.807) is 16.7 Å². The highest BCUT2D eigenvalue weighted by Gasteiger charge is 2.33. The standard InChI is InChI=1S/C24H25F4N5OS/c1-16(32-13-5-2-6-14-32)22-30-31-23(33(22)18-11-9-17(25)10-12-18)35-15-21(34)29-20-8-4-3-7-19(20)24(26,27)28/h3-4,7-12,16H,2,5-6,13-15H2,1H3,(H,29,34). The zero-order chi connectivity index (χ0) is 25.0. The minimum Gasteiger partial charge on any atom is -0.325 e. The maximum atomic E-state index is 13.6. The van der Waals surface area contributed by atoms with E-state index in [-0.39, 0.29) is 23.3 Å². The molecule has 11 heteroatoms. The number of rotatable bonds is 7. The highest BCUT2D eigenvalue weighted by Crippen LogP contribution is 2.35. The van der Waals surface area contributed by atoms with Crippen LogP contribution in [-0.2, 0) is 11.0 Å². The summed E-state index contributed by atoms with van der Waals surface area (Å²) in [5, 5.41) is 11.4. The van der Waals surface area contributed by atoms with Gasteiger partial charge in [0.2, 0.25) is 5.91 Å². The second-order valence-corrected chi connectivity index (χ2v) is 9.25. The van der Waals surface area contributed by atoms with Crippen LogP contribution in [0.15, 0.2) is 53.7 Å². The van der Waals surface area contributed by atoms with Crippen molar-refractivity contribution in [2.45, 2.75) is 43.6 Å². The number of hydrogen-bond acceptors (Lipinski definition) is 5. The fourth-order valence-corrected chi connectivity index (χ4v) is 4.86. The Kier molecular flexibility index (Phi) is 7.75. The number of alkyl halides is 3. The SMILES string of the molecule is CC(c1nnc(SCC(=O)Nc2ccccc2C(F)(F)F)n1-c1ccc(F)cc1)N1CCCCC1. The van der Waals surface area contributed by atoms with Crippen LogP contribution >= 0.6 is 11.8 Å². The highest BCUT2D eigenvalue weighted by molar-refractivity contribution is 7.99. The minimum absolute atomic E-state index is 0.0605. The van der Waals surface area contributed by atoms with E-state index >= 15 is 0 Å². The lowest BCUT2D eigenvalue weighted by molar-refractivity contribution is -0.137. The van der Waals surface area contributed by atoms with Crippen molar-refractivity contribution >= 4 is 23.4 Å². The normalized spacial score (nSPS) is 15.7. The van der Waals surface area contributed by atoms with Gasteiger partial charge in [0.25, 0.3) is 0 Å². The van der Waals surface area contributed by atoms with E-state index in [9.17, 15) is 22.4 Å². The van der Waals surface area contributed by atoms with Crippen LogP contribution in [0.3, 0.4) is 0 Å². The number of hydrogen-bond donors (Lipinski definition) is 1. The lowest BCUT2D eigenvalue weighted by Crippen LogP contribution is -2.33. The molecule has 35 heavy (non-hydrogen) atoms. The Morgan fingerprint density at radius 2 is 1.74 bits per heavy atom. The molecule has 0 spiro atoms. The van der Waals surface area contributed by atoms with Crippen LogP contribution in [0.2, 0.25) is 0 Å². The molecule has 1 saturated heterocycles. The van der Waals surface area contributed by atoms with Crippen LogP contribution in [0, 0.1) is 5.82 Å².